The van der Waals surface area contributed by atoms with Gasteiger partial charge in [-0.25, -0.2) is 0 Å². The largest absolute Gasteiger partial charge is 0.298 e. The molecule has 0 spiro atoms. The van der Waals surface area contributed by atoms with Gasteiger partial charge in [0.15, 0.2) is 0 Å². The quantitative estimate of drug-likeness (QED) is 0.627. The zero-order chi connectivity index (χ0) is 9.19. The number of nitrogens with zero attached hydrogens (tertiary/aromatic N) is 2. The fraction of sp³-hybridized carbons (Fsp3) is 0.900. The highest BCUT2D eigenvalue weighted by atomic mass is 15.2. The van der Waals surface area contributed by atoms with Crippen LogP contribution in [-0.4, -0.2) is 23.5 Å². The van der Waals surface area contributed by atoms with Gasteiger partial charge in [-0.05, 0) is 32.7 Å². The Balaban J connectivity index is 2.55. The highest BCUT2D eigenvalue weighted by Crippen LogP contribution is 2.33. The lowest BCUT2D eigenvalue weighted by atomic mass is 9.95. The first-order valence-corrected chi connectivity index (χ1v) is 4.72. The first-order chi connectivity index (χ1) is 5.60. The van der Waals surface area contributed by atoms with E-state index in [0.717, 1.165) is 19.5 Å². The number of likely N-dealkylation sites (tertiary alicyclic amines) is 1. The number of hydrogen-bond acceptors (Lipinski definition) is 2. The Morgan fingerprint density at radius 2 is 2.25 bits per heavy atom. The van der Waals surface area contributed by atoms with Gasteiger partial charge in [0.05, 0.1) is 6.07 Å². The van der Waals surface area contributed by atoms with Crippen LogP contribution in [0.15, 0.2) is 0 Å². The Morgan fingerprint density at radius 3 is 2.67 bits per heavy atom. The molecule has 0 saturated carbocycles. The average Bonchev–Trinajstić information content (AvgIpc) is 2.25. The maximum atomic E-state index is 8.59. The second kappa shape index (κ2) is 3.45. The summed E-state index contributed by atoms with van der Waals surface area (Å²) in [6.07, 6.45) is 1.90. The van der Waals surface area contributed by atoms with Crippen LogP contribution in [0.2, 0.25) is 0 Å². The van der Waals surface area contributed by atoms with Gasteiger partial charge in [0, 0.05) is 18.5 Å². The predicted octanol–water partition coefficient (Wildman–Crippen LogP) is 2.02. The van der Waals surface area contributed by atoms with Gasteiger partial charge < -0.3 is 0 Å². The van der Waals surface area contributed by atoms with E-state index in [1.165, 1.54) is 6.42 Å². The van der Waals surface area contributed by atoms with Gasteiger partial charge in [-0.1, -0.05) is 6.92 Å². The van der Waals surface area contributed by atoms with Crippen LogP contribution in [-0.2, 0) is 0 Å². The molecule has 0 amide bonds. The van der Waals surface area contributed by atoms with Crippen LogP contribution in [0.4, 0.5) is 0 Å². The van der Waals surface area contributed by atoms with Gasteiger partial charge in [-0.2, -0.15) is 5.26 Å². The van der Waals surface area contributed by atoms with Crippen LogP contribution < -0.4 is 0 Å². The SMILES string of the molecule is CCN1CC(CC#N)CC1(C)C. The van der Waals surface area contributed by atoms with Gasteiger partial charge in [0.2, 0.25) is 0 Å². The van der Waals surface area contributed by atoms with Crippen LogP contribution in [0.25, 0.3) is 0 Å². The van der Waals surface area contributed by atoms with Gasteiger partial charge in [0.25, 0.3) is 0 Å². The lowest BCUT2D eigenvalue weighted by Crippen LogP contribution is -2.37. The summed E-state index contributed by atoms with van der Waals surface area (Å²) < 4.78 is 0. The third-order valence-electron chi connectivity index (χ3n) is 2.88. The lowest BCUT2D eigenvalue weighted by Gasteiger charge is -2.29. The highest BCUT2D eigenvalue weighted by molar-refractivity contribution is 4.94. The molecule has 1 aliphatic heterocycles. The molecule has 1 fully saturated rings. The fourth-order valence-electron chi connectivity index (χ4n) is 2.28. The van der Waals surface area contributed by atoms with Crippen molar-refractivity contribution in [3.8, 4) is 6.07 Å². The number of nitriles is 1. The summed E-state index contributed by atoms with van der Waals surface area (Å²) in [5.41, 5.74) is 0.316. The maximum absolute atomic E-state index is 8.59. The van der Waals surface area contributed by atoms with Crippen molar-refractivity contribution in [3.05, 3.63) is 0 Å². The summed E-state index contributed by atoms with van der Waals surface area (Å²) in [7, 11) is 0. The first kappa shape index (κ1) is 9.54. The van der Waals surface area contributed by atoms with E-state index in [1.807, 2.05) is 0 Å². The third kappa shape index (κ3) is 1.78. The van der Waals surface area contributed by atoms with Gasteiger partial charge >= 0.3 is 0 Å². The molecule has 1 aliphatic rings. The molecule has 1 rings (SSSR count). The van der Waals surface area contributed by atoms with Gasteiger partial charge in [-0.3, -0.25) is 4.90 Å². The molecule has 2 nitrogen and oxygen atoms in total. The Kier molecular flexibility index (Phi) is 2.74. The Bertz CT molecular complexity index is 191. The smallest absolute Gasteiger partial charge is 0.0625 e. The van der Waals surface area contributed by atoms with E-state index in [2.05, 4.69) is 31.7 Å². The van der Waals surface area contributed by atoms with Crippen molar-refractivity contribution in [1.29, 1.82) is 5.26 Å². The molecule has 0 radical (unpaired) electrons. The van der Waals surface area contributed by atoms with Crippen molar-refractivity contribution in [2.24, 2.45) is 5.92 Å². The molecular weight excluding hydrogens is 148 g/mol. The van der Waals surface area contributed by atoms with Crippen LogP contribution in [0.5, 0.6) is 0 Å². The zero-order valence-corrected chi connectivity index (χ0v) is 8.30. The minimum Gasteiger partial charge on any atom is -0.298 e. The lowest BCUT2D eigenvalue weighted by molar-refractivity contribution is 0.184. The fourth-order valence-corrected chi connectivity index (χ4v) is 2.28. The predicted molar refractivity (Wildman–Crippen MR) is 49.7 cm³/mol. The molecule has 0 bridgehead atoms. The molecule has 0 aromatic carbocycles. The summed E-state index contributed by atoms with van der Waals surface area (Å²) in [5, 5.41) is 8.59. The molecule has 0 aromatic rings. The molecule has 0 aromatic heterocycles. The van der Waals surface area contributed by atoms with E-state index in [4.69, 9.17) is 5.26 Å². The van der Waals surface area contributed by atoms with Crippen LogP contribution in [0.1, 0.15) is 33.6 Å². The van der Waals surface area contributed by atoms with Crippen LogP contribution >= 0.6 is 0 Å². The number of rotatable bonds is 2. The minimum atomic E-state index is 0.316. The summed E-state index contributed by atoms with van der Waals surface area (Å²) in [6, 6.07) is 2.27. The van der Waals surface area contributed by atoms with E-state index in [9.17, 15) is 0 Å². The Morgan fingerprint density at radius 1 is 1.58 bits per heavy atom. The summed E-state index contributed by atoms with van der Waals surface area (Å²) in [6.45, 7) is 8.95. The molecule has 1 heterocycles. The van der Waals surface area contributed by atoms with Crippen LogP contribution in [0.3, 0.4) is 0 Å². The summed E-state index contributed by atoms with van der Waals surface area (Å²) >= 11 is 0. The first-order valence-electron chi connectivity index (χ1n) is 4.72. The standard InChI is InChI=1S/C10H18N2/c1-4-12-8-9(5-6-11)7-10(12,2)3/h9H,4-5,7-8H2,1-3H3. The van der Waals surface area contributed by atoms with E-state index < -0.39 is 0 Å². The maximum Gasteiger partial charge on any atom is 0.0625 e. The Labute approximate surface area is 75.2 Å². The van der Waals surface area contributed by atoms with Crippen LogP contribution in [0, 0.1) is 17.2 Å². The van der Waals surface area contributed by atoms with Crippen molar-refractivity contribution >= 4 is 0 Å². The van der Waals surface area contributed by atoms with E-state index >= 15 is 0 Å². The van der Waals surface area contributed by atoms with Crippen molar-refractivity contribution in [2.45, 2.75) is 39.2 Å². The van der Waals surface area contributed by atoms with E-state index in [-0.39, 0.29) is 0 Å². The third-order valence-corrected chi connectivity index (χ3v) is 2.88. The second-order valence-electron chi connectivity index (χ2n) is 4.28. The monoisotopic (exact) mass is 166 g/mol. The molecule has 1 atom stereocenters. The van der Waals surface area contributed by atoms with Gasteiger partial charge in [0.1, 0.15) is 0 Å². The topological polar surface area (TPSA) is 27.0 Å². The number of hydrogen-bond donors (Lipinski definition) is 0. The minimum absolute atomic E-state index is 0.316. The average molecular weight is 166 g/mol. The highest BCUT2D eigenvalue weighted by Gasteiger charge is 2.36. The molecular formula is C10H18N2. The second-order valence-corrected chi connectivity index (χ2v) is 4.28. The normalized spacial score (nSPS) is 28.7. The molecule has 0 N–H and O–H groups in total. The molecule has 2 heteroatoms. The van der Waals surface area contributed by atoms with Gasteiger partial charge in [-0.15, -0.1) is 0 Å². The van der Waals surface area contributed by atoms with Crippen molar-refractivity contribution in [1.82, 2.24) is 4.90 Å². The molecule has 1 saturated heterocycles. The van der Waals surface area contributed by atoms with E-state index in [0.29, 0.717) is 11.5 Å². The summed E-state index contributed by atoms with van der Waals surface area (Å²) in [4.78, 5) is 2.47. The zero-order valence-electron chi connectivity index (χ0n) is 8.30. The van der Waals surface area contributed by atoms with Crippen molar-refractivity contribution < 1.29 is 0 Å². The molecule has 0 aliphatic carbocycles. The van der Waals surface area contributed by atoms with Crippen molar-refractivity contribution in [2.75, 3.05) is 13.1 Å². The molecule has 68 valence electrons. The molecule has 12 heavy (non-hydrogen) atoms. The van der Waals surface area contributed by atoms with Crippen molar-refractivity contribution in [3.63, 3.8) is 0 Å². The van der Waals surface area contributed by atoms with E-state index in [1.54, 1.807) is 0 Å². The Hall–Kier alpha value is -0.550. The summed E-state index contributed by atoms with van der Waals surface area (Å²) in [5.74, 6) is 0.602. The molecule has 1 unspecified atom stereocenters.